The molecule has 34 heavy (non-hydrogen) atoms. The quantitative estimate of drug-likeness (QED) is 0.206. The molecule has 4 aromatic rings. The Kier molecular flexibility index (Phi) is 6.76. The Morgan fingerprint density at radius 1 is 1.12 bits per heavy atom. The first-order valence-corrected chi connectivity index (χ1v) is 10.7. The molecule has 2 N–H and O–H groups in total. The Morgan fingerprint density at radius 2 is 1.91 bits per heavy atom. The van der Waals surface area contributed by atoms with Gasteiger partial charge < -0.3 is 15.0 Å². The number of aromatic amines is 1. The van der Waals surface area contributed by atoms with Crippen molar-refractivity contribution in [2.24, 2.45) is 0 Å². The monoisotopic (exact) mass is 498 g/mol. The summed E-state index contributed by atoms with van der Waals surface area (Å²) in [6.07, 6.45) is 0. The summed E-state index contributed by atoms with van der Waals surface area (Å²) in [6.45, 7) is -0.0821. The first-order chi connectivity index (χ1) is 16.3. The summed E-state index contributed by atoms with van der Waals surface area (Å²) in [4.78, 5) is 42.5. The molecular weight excluding hydrogens is 483 g/mol. The molecule has 0 aliphatic rings. The number of benzene rings is 3. The second-order valence-electron chi connectivity index (χ2n) is 7.18. The lowest BCUT2D eigenvalue weighted by Crippen LogP contribution is -2.15. The van der Waals surface area contributed by atoms with Crippen molar-refractivity contribution >= 4 is 51.4 Å². The second-order valence-corrected chi connectivity index (χ2v) is 8.03. The lowest BCUT2D eigenvalue weighted by molar-refractivity contribution is -0.384. The van der Waals surface area contributed by atoms with Crippen LogP contribution >= 0.6 is 23.2 Å². The van der Waals surface area contributed by atoms with Crippen molar-refractivity contribution in [2.75, 3.05) is 5.32 Å². The predicted octanol–water partition coefficient (Wildman–Crippen LogP) is 5.11. The lowest BCUT2D eigenvalue weighted by Gasteiger charge is -2.13. The van der Waals surface area contributed by atoms with E-state index in [0.717, 1.165) is 11.6 Å². The summed E-state index contributed by atoms with van der Waals surface area (Å²) in [5.74, 6) is -0.733. The molecule has 172 valence electrons. The van der Waals surface area contributed by atoms with Gasteiger partial charge in [-0.15, -0.1) is 0 Å². The average molecular weight is 499 g/mol. The molecule has 0 atom stereocenters. The van der Waals surface area contributed by atoms with Crippen LogP contribution in [0, 0.1) is 10.1 Å². The third kappa shape index (κ3) is 5.16. The van der Waals surface area contributed by atoms with Crippen LogP contribution in [0.3, 0.4) is 0 Å². The van der Waals surface area contributed by atoms with E-state index in [9.17, 15) is 19.7 Å². The van der Waals surface area contributed by atoms with Gasteiger partial charge in [-0.05, 0) is 35.9 Å². The van der Waals surface area contributed by atoms with Gasteiger partial charge in [0.15, 0.2) is 0 Å². The van der Waals surface area contributed by atoms with Gasteiger partial charge in [0.1, 0.15) is 12.4 Å². The molecule has 0 aliphatic heterocycles. The number of nitro groups is 1. The number of carbonyl (C=O) groups excluding carboxylic acids is 1. The molecule has 0 unspecified atom stereocenters. The average Bonchev–Trinajstić information content (AvgIpc) is 2.81. The van der Waals surface area contributed by atoms with Crippen molar-refractivity contribution in [3.63, 3.8) is 0 Å². The van der Waals surface area contributed by atoms with Crippen molar-refractivity contribution in [1.29, 1.82) is 0 Å². The number of H-pyrrole nitrogens is 1. The zero-order valence-corrected chi connectivity index (χ0v) is 18.9. The molecule has 0 fully saturated rings. The molecule has 1 heterocycles. The van der Waals surface area contributed by atoms with Crippen molar-refractivity contribution in [3.8, 4) is 0 Å². The number of hydrogen-bond acceptors (Lipinski definition) is 7. The molecular formula is C23H16Cl2N4O5. The summed E-state index contributed by atoms with van der Waals surface area (Å²) >= 11 is 12.1. The van der Waals surface area contributed by atoms with E-state index >= 15 is 0 Å². The molecule has 0 aliphatic carbocycles. The van der Waals surface area contributed by atoms with Gasteiger partial charge in [0.25, 0.3) is 11.2 Å². The number of aromatic nitrogens is 2. The highest BCUT2D eigenvalue weighted by molar-refractivity contribution is 6.31. The number of nitrogens with one attached hydrogen (secondary N) is 2. The van der Waals surface area contributed by atoms with E-state index in [2.05, 4.69) is 15.3 Å². The number of halogens is 2. The highest BCUT2D eigenvalue weighted by Gasteiger charge is 2.19. The van der Waals surface area contributed by atoms with Crippen LogP contribution in [-0.2, 0) is 17.9 Å². The molecule has 3 aromatic carbocycles. The zero-order chi connectivity index (χ0) is 24.2. The van der Waals surface area contributed by atoms with Crippen LogP contribution in [0.2, 0.25) is 10.0 Å². The van der Waals surface area contributed by atoms with Crippen LogP contribution in [0.4, 0.5) is 11.4 Å². The van der Waals surface area contributed by atoms with Gasteiger partial charge in [-0.3, -0.25) is 14.9 Å². The maximum atomic E-state index is 12.8. The maximum Gasteiger partial charge on any atom is 0.340 e. The van der Waals surface area contributed by atoms with Gasteiger partial charge in [0.05, 0.1) is 21.4 Å². The summed E-state index contributed by atoms with van der Waals surface area (Å²) in [7, 11) is 0. The first kappa shape index (κ1) is 23.2. The van der Waals surface area contributed by atoms with Crippen molar-refractivity contribution < 1.29 is 14.5 Å². The van der Waals surface area contributed by atoms with E-state index in [-0.39, 0.29) is 30.2 Å². The van der Waals surface area contributed by atoms with E-state index in [1.807, 2.05) is 12.1 Å². The van der Waals surface area contributed by atoms with Gasteiger partial charge in [-0.25, -0.2) is 9.78 Å². The standard InChI is InChI=1S/C23H16Cl2N4O5/c24-14-5-7-16-20(9-14)27-21(28-22(16)30)12-34-23(31)17-10-15(29(32)33)6-8-19(17)26-11-13-3-1-2-4-18(13)25/h1-10,26H,11-12H2,(H,27,28,30). The van der Waals surface area contributed by atoms with E-state index in [1.54, 1.807) is 24.3 Å². The normalized spacial score (nSPS) is 10.8. The number of esters is 1. The second kappa shape index (κ2) is 9.90. The topological polar surface area (TPSA) is 127 Å². The fourth-order valence-corrected chi connectivity index (χ4v) is 3.61. The van der Waals surface area contributed by atoms with Crippen LogP contribution < -0.4 is 10.9 Å². The molecule has 0 saturated heterocycles. The predicted molar refractivity (Wildman–Crippen MR) is 128 cm³/mol. The van der Waals surface area contributed by atoms with E-state index in [0.29, 0.717) is 26.6 Å². The molecule has 0 radical (unpaired) electrons. The molecule has 1 aromatic heterocycles. The zero-order valence-electron chi connectivity index (χ0n) is 17.4. The van der Waals surface area contributed by atoms with Crippen molar-refractivity contribution in [3.05, 3.63) is 108 Å². The lowest BCUT2D eigenvalue weighted by atomic mass is 10.1. The van der Waals surface area contributed by atoms with Gasteiger partial charge in [-0.1, -0.05) is 41.4 Å². The number of ether oxygens (including phenoxy) is 1. The smallest absolute Gasteiger partial charge is 0.340 e. The third-order valence-corrected chi connectivity index (χ3v) is 5.52. The highest BCUT2D eigenvalue weighted by Crippen LogP contribution is 2.25. The number of fused-ring (bicyclic) bond motifs is 1. The number of hydrogen-bond donors (Lipinski definition) is 2. The molecule has 4 rings (SSSR count). The third-order valence-electron chi connectivity index (χ3n) is 4.92. The van der Waals surface area contributed by atoms with Gasteiger partial charge in [-0.2, -0.15) is 0 Å². The molecule has 0 saturated carbocycles. The molecule has 0 spiro atoms. The molecule has 9 nitrogen and oxygen atoms in total. The minimum atomic E-state index is -0.834. The number of anilines is 1. The molecule has 0 amide bonds. The SMILES string of the molecule is O=C(OCc1nc2cc(Cl)ccc2c(=O)[nH]1)c1cc([N+](=O)[O-])ccc1NCc1ccccc1Cl. The summed E-state index contributed by atoms with van der Waals surface area (Å²) in [5.41, 5.74) is 0.708. The Morgan fingerprint density at radius 3 is 2.68 bits per heavy atom. The minimum Gasteiger partial charge on any atom is -0.454 e. The summed E-state index contributed by atoms with van der Waals surface area (Å²) in [6, 6.07) is 15.6. The highest BCUT2D eigenvalue weighted by atomic mass is 35.5. The number of carbonyl (C=O) groups is 1. The van der Waals surface area contributed by atoms with E-state index in [1.165, 1.54) is 18.2 Å². The Hall–Kier alpha value is -3.95. The number of nitro benzene ring substituents is 1. The Labute approximate surface area is 202 Å². The largest absolute Gasteiger partial charge is 0.454 e. The van der Waals surface area contributed by atoms with Gasteiger partial charge in [0.2, 0.25) is 0 Å². The van der Waals surface area contributed by atoms with Crippen LogP contribution in [0.15, 0.2) is 65.5 Å². The van der Waals surface area contributed by atoms with Crippen LogP contribution in [0.5, 0.6) is 0 Å². The Balaban J connectivity index is 1.57. The van der Waals surface area contributed by atoms with Crippen LogP contribution in [0.1, 0.15) is 21.7 Å². The summed E-state index contributed by atoms with van der Waals surface area (Å²) in [5, 5.41) is 15.6. The van der Waals surface area contributed by atoms with Gasteiger partial charge in [0, 0.05) is 34.4 Å². The summed E-state index contributed by atoms with van der Waals surface area (Å²) < 4.78 is 5.31. The van der Waals surface area contributed by atoms with Crippen molar-refractivity contribution in [1.82, 2.24) is 9.97 Å². The maximum absolute atomic E-state index is 12.8. The Bertz CT molecular complexity index is 1470. The molecule has 11 heteroatoms. The van der Waals surface area contributed by atoms with E-state index < -0.39 is 16.5 Å². The van der Waals surface area contributed by atoms with E-state index in [4.69, 9.17) is 27.9 Å². The first-order valence-electron chi connectivity index (χ1n) is 9.93. The van der Waals surface area contributed by atoms with Crippen LogP contribution in [0.25, 0.3) is 10.9 Å². The minimum absolute atomic E-state index is 0.0487. The van der Waals surface area contributed by atoms with Crippen molar-refractivity contribution in [2.45, 2.75) is 13.2 Å². The fourth-order valence-electron chi connectivity index (χ4n) is 3.24. The van der Waals surface area contributed by atoms with Crippen LogP contribution in [-0.4, -0.2) is 20.9 Å². The molecule has 0 bridgehead atoms. The fraction of sp³-hybridized carbons (Fsp3) is 0.0870. The number of nitrogens with zero attached hydrogens (tertiary/aromatic N) is 2. The number of rotatable bonds is 7. The van der Waals surface area contributed by atoms with Gasteiger partial charge >= 0.3 is 5.97 Å². The number of non-ortho nitro benzene ring substituents is 1.